The third-order valence-electron chi connectivity index (χ3n) is 3.82. The lowest BCUT2D eigenvalue weighted by Gasteiger charge is -2.24. The van der Waals surface area contributed by atoms with E-state index < -0.39 is 0 Å². The molecule has 110 valence electrons. The van der Waals surface area contributed by atoms with Crippen LogP contribution >= 0.6 is 11.3 Å². The van der Waals surface area contributed by atoms with Crippen LogP contribution in [0.4, 0.5) is 5.82 Å². The van der Waals surface area contributed by atoms with Gasteiger partial charge in [0, 0.05) is 18.1 Å². The highest BCUT2D eigenvalue weighted by atomic mass is 32.1. The third-order valence-corrected chi connectivity index (χ3v) is 4.45. The molecule has 0 atom stereocenters. The minimum Gasteiger partial charge on any atom is -0.384 e. The van der Waals surface area contributed by atoms with Gasteiger partial charge < -0.3 is 10.6 Å². The molecule has 2 aromatic heterocycles. The zero-order valence-corrected chi connectivity index (χ0v) is 12.9. The highest BCUT2D eigenvalue weighted by Gasteiger charge is 2.19. The van der Waals surface area contributed by atoms with Crippen LogP contribution in [0.25, 0.3) is 0 Å². The summed E-state index contributed by atoms with van der Waals surface area (Å²) in [6.45, 7) is 0.676. The molecule has 2 heterocycles. The van der Waals surface area contributed by atoms with Crippen LogP contribution in [0.3, 0.4) is 0 Å². The minimum atomic E-state index is 0.0796. The van der Waals surface area contributed by atoms with Gasteiger partial charge in [0.15, 0.2) is 0 Å². The van der Waals surface area contributed by atoms with E-state index in [-0.39, 0.29) is 5.84 Å². The first-order valence-electron chi connectivity index (χ1n) is 7.10. The number of nitrogens with two attached hydrogens (primary N) is 1. The fourth-order valence-electron chi connectivity index (χ4n) is 2.75. The fraction of sp³-hybridized carbons (Fsp3) is 0.400. The van der Waals surface area contributed by atoms with Crippen LogP contribution in [0.2, 0.25) is 0 Å². The average molecular weight is 301 g/mol. The van der Waals surface area contributed by atoms with Gasteiger partial charge in [-0.05, 0) is 37.3 Å². The topological polar surface area (TPSA) is 78.9 Å². The van der Waals surface area contributed by atoms with Crippen LogP contribution in [0.5, 0.6) is 0 Å². The summed E-state index contributed by atoms with van der Waals surface area (Å²) >= 11 is 1.59. The van der Waals surface area contributed by atoms with Crippen molar-refractivity contribution in [1.82, 2.24) is 9.97 Å². The number of anilines is 1. The normalized spacial score (nSPS) is 13.8. The smallest absolute Gasteiger partial charge is 0.139 e. The first-order valence-corrected chi connectivity index (χ1v) is 8.05. The Balaban J connectivity index is 1.97. The molecule has 0 radical (unpaired) electrons. The summed E-state index contributed by atoms with van der Waals surface area (Å²) in [7, 11) is 1.98. The quantitative estimate of drug-likeness (QED) is 0.671. The number of fused-ring (bicyclic) bond motifs is 1. The number of thiazole rings is 1. The maximum absolute atomic E-state index is 7.83. The molecule has 3 rings (SSSR count). The molecular weight excluding hydrogens is 282 g/mol. The first-order chi connectivity index (χ1) is 10.1. The number of hydrogen-bond donors (Lipinski definition) is 2. The highest BCUT2D eigenvalue weighted by Crippen LogP contribution is 2.26. The van der Waals surface area contributed by atoms with Crippen molar-refractivity contribution in [3.05, 3.63) is 39.5 Å². The number of nitrogen functional groups attached to an aromatic ring is 1. The van der Waals surface area contributed by atoms with Crippen LogP contribution in [0.15, 0.2) is 17.0 Å². The van der Waals surface area contributed by atoms with E-state index in [4.69, 9.17) is 16.1 Å². The van der Waals surface area contributed by atoms with Gasteiger partial charge in [0.1, 0.15) is 11.7 Å². The average Bonchev–Trinajstić information content (AvgIpc) is 2.98. The Morgan fingerprint density at radius 2 is 2.24 bits per heavy atom. The molecule has 0 fully saturated rings. The SMILES string of the molecule is CN(Cc1cscn1)c1nc2c(cc1C(=N)N)CCCC2. The van der Waals surface area contributed by atoms with Crippen LogP contribution < -0.4 is 10.6 Å². The van der Waals surface area contributed by atoms with E-state index in [2.05, 4.69) is 11.1 Å². The van der Waals surface area contributed by atoms with Crippen LogP contribution in [-0.4, -0.2) is 22.9 Å². The zero-order valence-electron chi connectivity index (χ0n) is 12.1. The molecule has 0 saturated carbocycles. The number of pyridine rings is 1. The molecule has 0 unspecified atom stereocenters. The molecule has 0 amide bonds. The molecule has 0 aliphatic heterocycles. The van der Waals surface area contributed by atoms with Crippen molar-refractivity contribution in [2.45, 2.75) is 32.2 Å². The summed E-state index contributed by atoms with van der Waals surface area (Å²) in [6.07, 6.45) is 4.44. The molecular formula is C15H19N5S. The molecule has 2 aromatic rings. The maximum Gasteiger partial charge on any atom is 0.139 e. The van der Waals surface area contributed by atoms with Gasteiger partial charge in [0.25, 0.3) is 0 Å². The molecule has 1 aliphatic carbocycles. The molecule has 5 nitrogen and oxygen atoms in total. The summed E-state index contributed by atoms with van der Waals surface area (Å²) < 4.78 is 0. The summed E-state index contributed by atoms with van der Waals surface area (Å²) in [5, 5.41) is 9.86. The Hall–Kier alpha value is -1.95. The Labute approximate surface area is 128 Å². The lowest BCUT2D eigenvalue weighted by molar-refractivity contribution is 0.665. The van der Waals surface area contributed by atoms with Gasteiger partial charge in [0.05, 0.1) is 23.3 Å². The van der Waals surface area contributed by atoms with E-state index in [1.54, 1.807) is 11.3 Å². The number of rotatable bonds is 4. The lowest BCUT2D eigenvalue weighted by atomic mass is 9.94. The number of nitrogens with one attached hydrogen (secondary N) is 1. The second-order valence-corrected chi connectivity index (χ2v) is 6.14. The van der Waals surface area contributed by atoms with Crippen LogP contribution in [0, 0.1) is 5.41 Å². The van der Waals surface area contributed by atoms with Crippen molar-refractivity contribution in [2.24, 2.45) is 5.73 Å². The van der Waals surface area contributed by atoms with Crippen LogP contribution in [-0.2, 0) is 19.4 Å². The van der Waals surface area contributed by atoms with E-state index in [0.29, 0.717) is 6.54 Å². The van der Waals surface area contributed by atoms with Gasteiger partial charge in [-0.15, -0.1) is 11.3 Å². The van der Waals surface area contributed by atoms with Crippen molar-refractivity contribution < 1.29 is 0 Å². The highest BCUT2D eigenvalue weighted by molar-refractivity contribution is 7.07. The van der Waals surface area contributed by atoms with Gasteiger partial charge in [-0.2, -0.15) is 0 Å². The minimum absolute atomic E-state index is 0.0796. The van der Waals surface area contributed by atoms with E-state index in [0.717, 1.165) is 35.6 Å². The Kier molecular flexibility index (Phi) is 3.88. The molecule has 1 aliphatic rings. The molecule has 0 saturated heterocycles. The van der Waals surface area contributed by atoms with Gasteiger partial charge in [0.2, 0.25) is 0 Å². The first kappa shape index (κ1) is 14.0. The van der Waals surface area contributed by atoms with Gasteiger partial charge in [-0.3, -0.25) is 5.41 Å². The van der Waals surface area contributed by atoms with Crippen molar-refractivity contribution >= 4 is 23.0 Å². The van der Waals surface area contributed by atoms with Crippen molar-refractivity contribution in [3.63, 3.8) is 0 Å². The predicted molar refractivity (Wildman–Crippen MR) is 86.1 cm³/mol. The van der Waals surface area contributed by atoms with Gasteiger partial charge in [-0.1, -0.05) is 0 Å². The maximum atomic E-state index is 7.83. The van der Waals surface area contributed by atoms with Gasteiger partial charge in [-0.25, -0.2) is 9.97 Å². The molecule has 3 N–H and O–H groups in total. The standard InChI is InChI=1S/C15H19N5S/c1-20(7-11-8-21-9-18-11)15-12(14(16)17)6-10-4-2-3-5-13(10)19-15/h6,8-9H,2-5,7H2,1H3,(H3,16,17). The molecule has 21 heavy (non-hydrogen) atoms. The molecule has 0 bridgehead atoms. The Morgan fingerprint density at radius 3 is 2.95 bits per heavy atom. The number of aryl methyl sites for hydroxylation is 2. The van der Waals surface area contributed by atoms with E-state index in [1.165, 1.54) is 18.4 Å². The van der Waals surface area contributed by atoms with E-state index in [9.17, 15) is 0 Å². The monoisotopic (exact) mass is 301 g/mol. The predicted octanol–water partition coefficient (Wildman–Crippen LogP) is 2.34. The second-order valence-electron chi connectivity index (χ2n) is 5.42. The fourth-order valence-corrected chi connectivity index (χ4v) is 3.30. The summed E-state index contributed by atoms with van der Waals surface area (Å²) in [4.78, 5) is 11.1. The molecule has 0 aromatic carbocycles. The lowest BCUT2D eigenvalue weighted by Crippen LogP contribution is -2.25. The molecule has 0 spiro atoms. The second kappa shape index (κ2) is 5.81. The number of nitrogens with zero attached hydrogens (tertiary/aromatic N) is 3. The van der Waals surface area contributed by atoms with Gasteiger partial charge >= 0.3 is 0 Å². The number of aromatic nitrogens is 2. The molecule has 6 heteroatoms. The number of hydrogen-bond acceptors (Lipinski definition) is 5. The largest absolute Gasteiger partial charge is 0.384 e. The summed E-state index contributed by atoms with van der Waals surface area (Å²) in [5.74, 6) is 0.868. The van der Waals surface area contributed by atoms with Crippen molar-refractivity contribution in [2.75, 3.05) is 11.9 Å². The Morgan fingerprint density at radius 1 is 1.43 bits per heavy atom. The van der Waals surface area contributed by atoms with Crippen molar-refractivity contribution in [3.8, 4) is 0 Å². The van der Waals surface area contributed by atoms with Crippen molar-refractivity contribution in [1.29, 1.82) is 5.41 Å². The summed E-state index contributed by atoms with van der Waals surface area (Å²) in [6, 6.07) is 2.05. The zero-order chi connectivity index (χ0) is 14.8. The van der Waals surface area contributed by atoms with Crippen LogP contribution in [0.1, 0.15) is 35.4 Å². The van der Waals surface area contributed by atoms with E-state index in [1.807, 2.05) is 22.8 Å². The third kappa shape index (κ3) is 2.90. The van der Waals surface area contributed by atoms with E-state index >= 15 is 0 Å². The summed E-state index contributed by atoms with van der Waals surface area (Å²) in [5.41, 5.74) is 11.7. The Bertz CT molecular complexity index is 650. The number of amidine groups is 1.